The summed E-state index contributed by atoms with van der Waals surface area (Å²) in [6.45, 7) is 5.85. The summed E-state index contributed by atoms with van der Waals surface area (Å²) in [5.41, 5.74) is 0. The van der Waals surface area contributed by atoms with Crippen molar-refractivity contribution in [3.63, 3.8) is 0 Å². The van der Waals surface area contributed by atoms with Crippen LogP contribution in [0.15, 0.2) is 12.7 Å². The summed E-state index contributed by atoms with van der Waals surface area (Å²) in [5.74, 6) is 1.35. The molecule has 0 aliphatic heterocycles. The molecular formula is C11H20O. The Kier molecular flexibility index (Phi) is 3.80. The highest BCUT2D eigenvalue weighted by Gasteiger charge is 2.31. The van der Waals surface area contributed by atoms with Crippen LogP contribution < -0.4 is 0 Å². The molecule has 1 aliphatic rings. The zero-order valence-corrected chi connectivity index (χ0v) is 8.00. The van der Waals surface area contributed by atoms with Crippen LogP contribution in [-0.2, 0) is 0 Å². The predicted molar refractivity (Wildman–Crippen MR) is 51.9 cm³/mol. The number of hydrogen-bond donors (Lipinski definition) is 1. The molecule has 0 bridgehead atoms. The number of aliphatic hydroxyl groups excluding tert-OH is 1. The van der Waals surface area contributed by atoms with Gasteiger partial charge in [-0.15, -0.1) is 6.58 Å². The van der Waals surface area contributed by atoms with Crippen LogP contribution in [0.25, 0.3) is 0 Å². The smallest absolute Gasteiger partial charge is 0.0568 e. The molecule has 1 nitrogen and oxygen atoms in total. The lowest BCUT2D eigenvalue weighted by Gasteiger charge is -2.17. The minimum absolute atomic E-state index is 0.0718. The number of hydrogen-bond acceptors (Lipinski definition) is 1. The van der Waals surface area contributed by atoms with Crippen molar-refractivity contribution in [1.82, 2.24) is 0 Å². The lowest BCUT2D eigenvalue weighted by Crippen LogP contribution is -2.18. The van der Waals surface area contributed by atoms with Crippen LogP contribution in [0.1, 0.15) is 39.0 Å². The molecule has 1 saturated carbocycles. The van der Waals surface area contributed by atoms with E-state index in [2.05, 4.69) is 13.5 Å². The van der Waals surface area contributed by atoms with Crippen molar-refractivity contribution < 1.29 is 5.11 Å². The SMILES string of the molecule is C=CCCCC(O)C(C)C1CC1. The average Bonchev–Trinajstić information content (AvgIpc) is 2.86. The van der Waals surface area contributed by atoms with Crippen molar-refractivity contribution in [2.45, 2.75) is 45.1 Å². The summed E-state index contributed by atoms with van der Waals surface area (Å²) < 4.78 is 0. The van der Waals surface area contributed by atoms with Crippen LogP contribution >= 0.6 is 0 Å². The fraction of sp³-hybridized carbons (Fsp3) is 0.818. The first-order valence-electron chi connectivity index (χ1n) is 5.04. The van der Waals surface area contributed by atoms with Crippen LogP contribution in [0.2, 0.25) is 0 Å². The van der Waals surface area contributed by atoms with E-state index >= 15 is 0 Å². The molecule has 2 atom stereocenters. The Hall–Kier alpha value is -0.300. The quantitative estimate of drug-likeness (QED) is 0.477. The van der Waals surface area contributed by atoms with Crippen LogP contribution in [0.3, 0.4) is 0 Å². The van der Waals surface area contributed by atoms with Gasteiger partial charge in [0.25, 0.3) is 0 Å². The van der Waals surface area contributed by atoms with Crippen molar-refractivity contribution in [2.24, 2.45) is 11.8 Å². The standard InChI is InChI=1S/C11H20O/c1-3-4-5-6-11(12)9(2)10-7-8-10/h3,9-12H,1,4-8H2,2H3. The fourth-order valence-electron chi connectivity index (χ4n) is 1.67. The van der Waals surface area contributed by atoms with Crippen molar-refractivity contribution in [3.05, 3.63) is 12.7 Å². The molecule has 1 aliphatic carbocycles. The number of allylic oxidation sites excluding steroid dienone is 1. The minimum atomic E-state index is -0.0718. The molecular weight excluding hydrogens is 148 g/mol. The Morgan fingerprint density at radius 1 is 1.58 bits per heavy atom. The highest BCUT2D eigenvalue weighted by Crippen LogP contribution is 2.39. The third-order valence-electron chi connectivity index (χ3n) is 2.88. The van der Waals surface area contributed by atoms with Gasteiger partial charge >= 0.3 is 0 Å². The Bertz CT molecular complexity index is 138. The van der Waals surface area contributed by atoms with Crippen LogP contribution in [0.5, 0.6) is 0 Å². The zero-order chi connectivity index (χ0) is 8.97. The third-order valence-corrected chi connectivity index (χ3v) is 2.88. The Labute approximate surface area is 75.5 Å². The highest BCUT2D eigenvalue weighted by atomic mass is 16.3. The molecule has 0 radical (unpaired) electrons. The maximum Gasteiger partial charge on any atom is 0.0568 e. The summed E-state index contributed by atoms with van der Waals surface area (Å²) in [4.78, 5) is 0. The van der Waals surface area contributed by atoms with Crippen molar-refractivity contribution >= 4 is 0 Å². The van der Waals surface area contributed by atoms with E-state index in [-0.39, 0.29) is 6.10 Å². The van der Waals surface area contributed by atoms with Gasteiger partial charge in [0.2, 0.25) is 0 Å². The molecule has 0 amide bonds. The number of rotatable bonds is 6. The van der Waals surface area contributed by atoms with E-state index in [0.717, 1.165) is 25.2 Å². The van der Waals surface area contributed by atoms with Gasteiger partial charge in [-0.1, -0.05) is 13.0 Å². The molecule has 2 unspecified atom stereocenters. The number of unbranched alkanes of at least 4 members (excludes halogenated alkanes) is 1. The topological polar surface area (TPSA) is 20.2 Å². The molecule has 0 saturated heterocycles. The summed E-state index contributed by atoms with van der Waals surface area (Å²) in [7, 11) is 0. The Morgan fingerprint density at radius 3 is 2.75 bits per heavy atom. The van der Waals surface area contributed by atoms with Gasteiger partial charge in [0.1, 0.15) is 0 Å². The average molecular weight is 168 g/mol. The summed E-state index contributed by atoms with van der Waals surface area (Å²) in [6, 6.07) is 0. The van der Waals surface area contributed by atoms with Crippen molar-refractivity contribution in [2.75, 3.05) is 0 Å². The molecule has 1 heteroatoms. The van der Waals surface area contributed by atoms with E-state index in [0.29, 0.717) is 5.92 Å². The normalized spacial score (nSPS) is 21.8. The molecule has 1 rings (SSSR count). The lowest BCUT2D eigenvalue weighted by atomic mass is 9.95. The summed E-state index contributed by atoms with van der Waals surface area (Å²) >= 11 is 0. The van der Waals surface area contributed by atoms with Gasteiger partial charge in [-0.25, -0.2) is 0 Å². The van der Waals surface area contributed by atoms with Gasteiger partial charge in [0, 0.05) is 0 Å². The molecule has 0 aromatic rings. The second-order valence-electron chi connectivity index (χ2n) is 3.98. The first-order valence-corrected chi connectivity index (χ1v) is 5.04. The first-order chi connectivity index (χ1) is 5.75. The van der Waals surface area contributed by atoms with Gasteiger partial charge < -0.3 is 5.11 Å². The van der Waals surface area contributed by atoms with Crippen LogP contribution in [0, 0.1) is 11.8 Å². The lowest BCUT2D eigenvalue weighted by molar-refractivity contribution is 0.0947. The largest absolute Gasteiger partial charge is 0.393 e. The van der Waals surface area contributed by atoms with Gasteiger partial charge in [-0.2, -0.15) is 0 Å². The van der Waals surface area contributed by atoms with E-state index in [4.69, 9.17) is 0 Å². The second-order valence-corrected chi connectivity index (χ2v) is 3.98. The molecule has 0 spiro atoms. The zero-order valence-electron chi connectivity index (χ0n) is 8.00. The predicted octanol–water partition coefficient (Wildman–Crippen LogP) is 2.75. The Morgan fingerprint density at radius 2 is 2.25 bits per heavy atom. The van der Waals surface area contributed by atoms with E-state index < -0.39 is 0 Å². The van der Waals surface area contributed by atoms with Crippen LogP contribution in [0.4, 0.5) is 0 Å². The Balaban J connectivity index is 2.08. The van der Waals surface area contributed by atoms with E-state index in [1.165, 1.54) is 12.8 Å². The first kappa shape index (κ1) is 9.79. The molecule has 70 valence electrons. The molecule has 0 aromatic heterocycles. The maximum atomic E-state index is 9.72. The molecule has 1 fully saturated rings. The summed E-state index contributed by atoms with van der Waals surface area (Å²) in [6.07, 6.45) is 7.59. The van der Waals surface area contributed by atoms with Gasteiger partial charge in [0.05, 0.1) is 6.10 Å². The van der Waals surface area contributed by atoms with Crippen LogP contribution in [-0.4, -0.2) is 11.2 Å². The number of aliphatic hydroxyl groups is 1. The van der Waals surface area contributed by atoms with Crippen molar-refractivity contribution in [1.29, 1.82) is 0 Å². The molecule has 12 heavy (non-hydrogen) atoms. The van der Waals surface area contributed by atoms with E-state index in [1.54, 1.807) is 0 Å². The fourth-order valence-corrected chi connectivity index (χ4v) is 1.67. The molecule has 0 aromatic carbocycles. The van der Waals surface area contributed by atoms with Gasteiger partial charge in [-0.3, -0.25) is 0 Å². The van der Waals surface area contributed by atoms with Crippen molar-refractivity contribution in [3.8, 4) is 0 Å². The third kappa shape index (κ3) is 2.98. The van der Waals surface area contributed by atoms with E-state index in [1.807, 2.05) is 6.08 Å². The van der Waals surface area contributed by atoms with Gasteiger partial charge in [-0.05, 0) is 43.9 Å². The maximum absolute atomic E-state index is 9.72. The highest BCUT2D eigenvalue weighted by molar-refractivity contribution is 4.83. The monoisotopic (exact) mass is 168 g/mol. The van der Waals surface area contributed by atoms with Gasteiger partial charge in [0.15, 0.2) is 0 Å². The molecule has 1 N–H and O–H groups in total. The minimum Gasteiger partial charge on any atom is -0.393 e. The summed E-state index contributed by atoms with van der Waals surface area (Å²) in [5, 5.41) is 9.72. The molecule has 0 heterocycles. The second kappa shape index (κ2) is 4.66. The van der Waals surface area contributed by atoms with E-state index in [9.17, 15) is 5.11 Å².